The van der Waals surface area contributed by atoms with E-state index in [9.17, 15) is 0 Å². The molecule has 1 N–H and O–H groups in total. The molecule has 0 radical (unpaired) electrons. The first kappa shape index (κ1) is 9.34. The van der Waals surface area contributed by atoms with Crippen LogP contribution in [0.15, 0.2) is 18.2 Å². The van der Waals surface area contributed by atoms with Gasteiger partial charge < -0.3 is 9.88 Å². The zero-order valence-electron chi connectivity index (χ0n) is 8.21. The molecule has 14 heavy (non-hydrogen) atoms. The number of aryl methyl sites for hydroxylation is 1. The fourth-order valence-corrected chi connectivity index (χ4v) is 1.77. The van der Waals surface area contributed by atoms with E-state index in [1.807, 2.05) is 25.2 Å². The number of benzene rings is 1. The lowest BCUT2D eigenvalue weighted by molar-refractivity contribution is 0.795. The average molecular weight is 210 g/mol. The van der Waals surface area contributed by atoms with Crippen molar-refractivity contribution in [2.45, 2.75) is 13.5 Å². The molecule has 4 heteroatoms. The van der Waals surface area contributed by atoms with Crippen LogP contribution in [-0.2, 0) is 6.54 Å². The SMILES string of the molecule is CCn1c(NC)nc2ccc(Cl)cc21. The molecule has 0 fully saturated rings. The van der Waals surface area contributed by atoms with Crippen molar-refractivity contribution in [1.82, 2.24) is 9.55 Å². The van der Waals surface area contributed by atoms with Gasteiger partial charge in [-0.1, -0.05) is 11.6 Å². The Morgan fingerprint density at radius 1 is 1.50 bits per heavy atom. The standard InChI is InChI=1S/C10H12ClN3/c1-3-14-9-6-7(11)4-5-8(9)13-10(14)12-2/h4-6H,3H2,1-2H3,(H,12,13). The van der Waals surface area contributed by atoms with Crippen LogP contribution in [0, 0.1) is 0 Å². The van der Waals surface area contributed by atoms with Crippen LogP contribution >= 0.6 is 11.6 Å². The molecule has 0 saturated heterocycles. The lowest BCUT2D eigenvalue weighted by atomic mass is 10.3. The van der Waals surface area contributed by atoms with Gasteiger partial charge in [0, 0.05) is 18.6 Å². The molecule has 0 amide bonds. The minimum absolute atomic E-state index is 0.745. The van der Waals surface area contributed by atoms with Crippen molar-refractivity contribution in [3.8, 4) is 0 Å². The lowest BCUT2D eigenvalue weighted by Crippen LogP contribution is -2.01. The summed E-state index contributed by atoms with van der Waals surface area (Å²) in [6, 6.07) is 5.73. The first-order valence-corrected chi connectivity index (χ1v) is 4.97. The maximum Gasteiger partial charge on any atom is 0.203 e. The Morgan fingerprint density at radius 2 is 2.29 bits per heavy atom. The first-order valence-electron chi connectivity index (χ1n) is 4.59. The third kappa shape index (κ3) is 1.34. The molecule has 0 aliphatic carbocycles. The molecule has 2 aromatic rings. The van der Waals surface area contributed by atoms with E-state index < -0.39 is 0 Å². The van der Waals surface area contributed by atoms with E-state index in [0.717, 1.165) is 28.5 Å². The second-order valence-corrected chi connectivity index (χ2v) is 3.50. The summed E-state index contributed by atoms with van der Waals surface area (Å²) in [5.74, 6) is 0.879. The summed E-state index contributed by atoms with van der Waals surface area (Å²) in [7, 11) is 1.87. The zero-order valence-corrected chi connectivity index (χ0v) is 8.97. The first-order chi connectivity index (χ1) is 6.76. The maximum absolute atomic E-state index is 5.94. The maximum atomic E-state index is 5.94. The summed E-state index contributed by atoms with van der Waals surface area (Å²) in [5.41, 5.74) is 2.05. The predicted octanol–water partition coefficient (Wildman–Crippen LogP) is 2.75. The second kappa shape index (κ2) is 3.50. The topological polar surface area (TPSA) is 29.9 Å². The van der Waals surface area contributed by atoms with Gasteiger partial charge in [-0.05, 0) is 25.1 Å². The predicted molar refractivity (Wildman–Crippen MR) is 60.0 cm³/mol. The molecule has 1 aromatic carbocycles. The number of aromatic nitrogens is 2. The van der Waals surface area contributed by atoms with Crippen LogP contribution in [0.4, 0.5) is 5.95 Å². The molecule has 0 spiro atoms. The van der Waals surface area contributed by atoms with E-state index in [0.29, 0.717) is 0 Å². The highest BCUT2D eigenvalue weighted by atomic mass is 35.5. The molecule has 74 valence electrons. The molecule has 0 atom stereocenters. The number of hydrogen-bond acceptors (Lipinski definition) is 2. The fraction of sp³-hybridized carbons (Fsp3) is 0.300. The Kier molecular flexibility index (Phi) is 2.33. The number of hydrogen-bond donors (Lipinski definition) is 1. The Morgan fingerprint density at radius 3 is 2.93 bits per heavy atom. The molecule has 0 unspecified atom stereocenters. The minimum atomic E-state index is 0.745. The summed E-state index contributed by atoms with van der Waals surface area (Å²) < 4.78 is 2.10. The van der Waals surface area contributed by atoms with E-state index in [2.05, 4.69) is 21.8 Å². The molecular formula is C10H12ClN3. The van der Waals surface area contributed by atoms with Gasteiger partial charge in [0.25, 0.3) is 0 Å². The minimum Gasteiger partial charge on any atom is -0.359 e. The summed E-state index contributed by atoms with van der Waals surface area (Å²) in [6.45, 7) is 2.97. The van der Waals surface area contributed by atoms with Crippen LogP contribution in [-0.4, -0.2) is 16.6 Å². The Bertz CT molecular complexity index is 462. The van der Waals surface area contributed by atoms with Gasteiger partial charge in [-0.15, -0.1) is 0 Å². The van der Waals surface area contributed by atoms with E-state index in [-0.39, 0.29) is 0 Å². The highest BCUT2D eigenvalue weighted by Gasteiger charge is 2.07. The molecule has 1 heterocycles. The number of anilines is 1. The average Bonchev–Trinajstić information content (AvgIpc) is 2.54. The van der Waals surface area contributed by atoms with Crippen LogP contribution in [0.25, 0.3) is 11.0 Å². The van der Waals surface area contributed by atoms with Gasteiger partial charge in [0.1, 0.15) is 0 Å². The fourth-order valence-electron chi connectivity index (χ4n) is 1.61. The summed E-state index contributed by atoms with van der Waals surface area (Å²) in [5, 5.41) is 3.81. The van der Waals surface area contributed by atoms with Gasteiger partial charge in [0.2, 0.25) is 5.95 Å². The van der Waals surface area contributed by atoms with Gasteiger partial charge in [-0.2, -0.15) is 0 Å². The Hall–Kier alpha value is -1.22. The Balaban J connectivity index is 2.74. The highest BCUT2D eigenvalue weighted by Crippen LogP contribution is 2.22. The third-order valence-electron chi connectivity index (χ3n) is 2.25. The molecule has 1 aromatic heterocycles. The van der Waals surface area contributed by atoms with Gasteiger partial charge in [-0.25, -0.2) is 4.98 Å². The quantitative estimate of drug-likeness (QED) is 0.825. The number of imidazole rings is 1. The molecular weight excluding hydrogens is 198 g/mol. The third-order valence-corrected chi connectivity index (χ3v) is 2.49. The second-order valence-electron chi connectivity index (χ2n) is 3.06. The molecule has 3 nitrogen and oxygen atoms in total. The normalized spacial score (nSPS) is 10.8. The van der Waals surface area contributed by atoms with Crippen LogP contribution in [0.3, 0.4) is 0 Å². The van der Waals surface area contributed by atoms with Gasteiger partial charge >= 0.3 is 0 Å². The summed E-state index contributed by atoms with van der Waals surface area (Å²) in [6.07, 6.45) is 0. The van der Waals surface area contributed by atoms with E-state index in [1.54, 1.807) is 0 Å². The summed E-state index contributed by atoms with van der Waals surface area (Å²) >= 11 is 5.94. The number of nitrogens with zero attached hydrogens (tertiary/aromatic N) is 2. The molecule has 0 aliphatic heterocycles. The van der Waals surface area contributed by atoms with E-state index in [1.165, 1.54) is 0 Å². The van der Waals surface area contributed by atoms with Crippen LogP contribution < -0.4 is 5.32 Å². The lowest BCUT2D eigenvalue weighted by Gasteiger charge is -2.03. The largest absolute Gasteiger partial charge is 0.359 e. The molecule has 0 saturated carbocycles. The van der Waals surface area contributed by atoms with Crippen molar-refractivity contribution in [2.24, 2.45) is 0 Å². The number of halogens is 1. The van der Waals surface area contributed by atoms with Crippen LogP contribution in [0.1, 0.15) is 6.92 Å². The van der Waals surface area contributed by atoms with Gasteiger partial charge in [0.05, 0.1) is 11.0 Å². The molecule has 2 rings (SSSR count). The smallest absolute Gasteiger partial charge is 0.203 e. The Labute approximate surface area is 87.7 Å². The number of rotatable bonds is 2. The van der Waals surface area contributed by atoms with Gasteiger partial charge in [0.15, 0.2) is 0 Å². The van der Waals surface area contributed by atoms with Crippen molar-refractivity contribution in [3.63, 3.8) is 0 Å². The number of fused-ring (bicyclic) bond motifs is 1. The van der Waals surface area contributed by atoms with E-state index in [4.69, 9.17) is 11.6 Å². The van der Waals surface area contributed by atoms with E-state index >= 15 is 0 Å². The zero-order chi connectivity index (χ0) is 10.1. The van der Waals surface area contributed by atoms with Crippen molar-refractivity contribution < 1.29 is 0 Å². The number of nitrogens with one attached hydrogen (secondary N) is 1. The van der Waals surface area contributed by atoms with Gasteiger partial charge in [-0.3, -0.25) is 0 Å². The van der Waals surface area contributed by atoms with Crippen molar-refractivity contribution in [2.75, 3.05) is 12.4 Å². The molecule has 0 bridgehead atoms. The van der Waals surface area contributed by atoms with Crippen LogP contribution in [0.5, 0.6) is 0 Å². The molecule has 0 aliphatic rings. The monoisotopic (exact) mass is 209 g/mol. The van der Waals surface area contributed by atoms with Crippen molar-refractivity contribution in [3.05, 3.63) is 23.2 Å². The summed E-state index contributed by atoms with van der Waals surface area (Å²) in [4.78, 5) is 4.44. The van der Waals surface area contributed by atoms with Crippen molar-refractivity contribution >= 4 is 28.6 Å². The van der Waals surface area contributed by atoms with Crippen LogP contribution in [0.2, 0.25) is 5.02 Å². The highest BCUT2D eigenvalue weighted by molar-refractivity contribution is 6.31. The van der Waals surface area contributed by atoms with Crippen molar-refractivity contribution in [1.29, 1.82) is 0 Å².